The minimum Gasteiger partial charge on any atom is -0.346 e. The van der Waals surface area contributed by atoms with Crippen LogP contribution in [0.2, 0.25) is 0 Å². The Morgan fingerprint density at radius 2 is 1.80 bits per heavy atom. The molecule has 0 aromatic carbocycles. The molecule has 4 heteroatoms. The minimum atomic E-state index is 0.126. The smallest absolute Gasteiger partial charge is 0.225 e. The highest BCUT2D eigenvalue weighted by Gasteiger charge is 2.32. The van der Waals surface area contributed by atoms with Gasteiger partial charge in [-0.25, -0.2) is 0 Å². The second-order valence-electron chi connectivity index (χ2n) is 6.71. The summed E-state index contributed by atoms with van der Waals surface area (Å²) in [6.07, 6.45) is 5.04. The molecule has 4 nitrogen and oxygen atoms in total. The van der Waals surface area contributed by atoms with Crippen molar-refractivity contribution in [2.24, 2.45) is 17.8 Å². The maximum absolute atomic E-state index is 12.4. The lowest BCUT2D eigenvalue weighted by atomic mass is 9.86. The Labute approximate surface area is 122 Å². The number of nitrogens with zero attached hydrogens (tertiary/aromatic N) is 2. The third-order valence-electron chi connectivity index (χ3n) is 4.90. The van der Waals surface area contributed by atoms with E-state index in [2.05, 4.69) is 13.8 Å². The third-order valence-corrected chi connectivity index (χ3v) is 4.90. The number of carbonyl (C=O) groups excluding carboxylic acids is 2. The molecule has 2 amide bonds. The summed E-state index contributed by atoms with van der Waals surface area (Å²) in [6.45, 7) is 6.77. The summed E-state index contributed by atoms with van der Waals surface area (Å²) in [4.78, 5) is 28.3. The Balaban J connectivity index is 1.87. The van der Waals surface area contributed by atoms with E-state index < -0.39 is 0 Å². The predicted molar refractivity (Wildman–Crippen MR) is 79.1 cm³/mol. The fraction of sp³-hybridized carbons (Fsp3) is 0.875. The molecule has 0 bridgehead atoms. The number of hydrogen-bond donors (Lipinski definition) is 0. The molecule has 0 saturated carbocycles. The van der Waals surface area contributed by atoms with Gasteiger partial charge in [-0.1, -0.05) is 13.8 Å². The molecular formula is C16H28N2O2. The monoisotopic (exact) mass is 280 g/mol. The van der Waals surface area contributed by atoms with E-state index in [1.165, 1.54) is 0 Å². The molecular weight excluding hydrogens is 252 g/mol. The first-order valence-electron chi connectivity index (χ1n) is 8.04. The van der Waals surface area contributed by atoms with Crippen LogP contribution >= 0.6 is 0 Å². The molecule has 0 unspecified atom stereocenters. The zero-order chi connectivity index (χ0) is 14.7. The van der Waals surface area contributed by atoms with E-state index in [1.807, 2.05) is 16.8 Å². The molecule has 114 valence electrons. The summed E-state index contributed by atoms with van der Waals surface area (Å²) >= 11 is 0. The van der Waals surface area contributed by atoms with Crippen molar-refractivity contribution in [3.05, 3.63) is 0 Å². The first-order chi connectivity index (χ1) is 9.50. The summed E-state index contributed by atoms with van der Waals surface area (Å²) < 4.78 is 0. The molecule has 0 N–H and O–H groups in total. The van der Waals surface area contributed by atoms with Crippen LogP contribution in [0.3, 0.4) is 0 Å². The summed E-state index contributed by atoms with van der Waals surface area (Å²) in [6, 6.07) is 0. The van der Waals surface area contributed by atoms with Gasteiger partial charge in [-0.3, -0.25) is 9.59 Å². The lowest BCUT2D eigenvalue weighted by Crippen LogP contribution is -2.45. The third kappa shape index (κ3) is 3.33. The van der Waals surface area contributed by atoms with E-state index in [4.69, 9.17) is 0 Å². The lowest BCUT2D eigenvalue weighted by Gasteiger charge is -2.36. The van der Waals surface area contributed by atoms with E-state index in [-0.39, 0.29) is 17.7 Å². The molecule has 0 aromatic rings. The van der Waals surface area contributed by atoms with Crippen LogP contribution in [0.15, 0.2) is 0 Å². The van der Waals surface area contributed by atoms with E-state index in [0.29, 0.717) is 11.8 Å². The Morgan fingerprint density at radius 1 is 1.10 bits per heavy atom. The maximum atomic E-state index is 12.4. The van der Waals surface area contributed by atoms with Crippen LogP contribution in [0.5, 0.6) is 0 Å². The van der Waals surface area contributed by atoms with Crippen molar-refractivity contribution in [2.45, 2.75) is 46.0 Å². The van der Waals surface area contributed by atoms with Gasteiger partial charge in [-0.05, 0) is 38.0 Å². The van der Waals surface area contributed by atoms with Crippen LogP contribution < -0.4 is 0 Å². The van der Waals surface area contributed by atoms with Gasteiger partial charge in [0, 0.05) is 38.5 Å². The quantitative estimate of drug-likeness (QED) is 0.791. The van der Waals surface area contributed by atoms with Gasteiger partial charge in [0.2, 0.25) is 11.8 Å². The average molecular weight is 280 g/mol. The highest BCUT2D eigenvalue weighted by Crippen LogP contribution is 2.26. The van der Waals surface area contributed by atoms with Crippen molar-refractivity contribution >= 4 is 11.8 Å². The highest BCUT2D eigenvalue weighted by molar-refractivity contribution is 5.80. The van der Waals surface area contributed by atoms with Gasteiger partial charge in [0.05, 0.1) is 0 Å². The molecule has 2 heterocycles. The van der Waals surface area contributed by atoms with Gasteiger partial charge in [0.15, 0.2) is 0 Å². The van der Waals surface area contributed by atoms with Crippen molar-refractivity contribution in [1.82, 2.24) is 9.80 Å². The van der Waals surface area contributed by atoms with Crippen molar-refractivity contribution in [3.63, 3.8) is 0 Å². The Kier molecular flexibility index (Phi) is 5.06. The topological polar surface area (TPSA) is 40.6 Å². The Bertz CT molecular complexity index is 367. The standard InChI is InChI=1S/C16H28N2O2/c1-12(2)14-7-5-10-18(16(14)20)11-8-13-6-4-9-17(3)15(13)19/h12-14H,4-11H2,1-3H3/t13-,14+/m0/s1. The van der Waals surface area contributed by atoms with Crippen LogP contribution in [0, 0.1) is 17.8 Å². The van der Waals surface area contributed by atoms with E-state index in [0.717, 1.165) is 51.7 Å². The van der Waals surface area contributed by atoms with Gasteiger partial charge < -0.3 is 9.80 Å². The van der Waals surface area contributed by atoms with E-state index in [1.54, 1.807) is 0 Å². The maximum Gasteiger partial charge on any atom is 0.225 e. The number of hydrogen-bond acceptors (Lipinski definition) is 2. The fourth-order valence-electron chi connectivity index (χ4n) is 3.51. The Hall–Kier alpha value is -1.06. The van der Waals surface area contributed by atoms with Crippen LogP contribution in [0.1, 0.15) is 46.0 Å². The Morgan fingerprint density at radius 3 is 2.50 bits per heavy atom. The number of piperidine rings is 2. The van der Waals surface area contributed by atoms with Crippen LogP contribution in [0.25, 0.3) is 0 Å². The SMILES string of the molecule is CC(C)[C@H]1CCCN(CC[C@@H]2CCCN(C)C2=O)C1=O. The summed E-state index contributed by atoms with van der Waals surface area (Å²) in [5.74, 6) is 1.31. The zero-order valence-corrected chi connectivity index (χ0v) is 13.1. The van der Waals surface area contributed by atoms with Crippen molar-refractivity contribution < 1.29 is 9.59 Å². The zero-order valence-electron chi connectivity index (χ0n) is 13.1. The molecule has 2 rings (SSSR count). The van der Waals surface area contributed by atoms with Gasteiger partial charge in [-0.15, -0.1) is 0 Å². The number of likely N-dealkylation sites (tertiary alicyclic amines) is 2. The minimum absolute atomic E-state index is 0.126. The number of rotatable bonds is 4. The van der Waals surface area contributed by atoms with E-state index >= 15 is 0 Å². The van der Waals surface area contributed by atoms with Gasteiger partial charge >= 0.3 is 0 Å². The van der Waals surface area contributed by atoms with Crippen molar-refractivity contribution in [1.29, 1.82) is 0 Å². The predicted octanol–water partition coefficient (Wildman–Crippen LogP) is 2.14. The van der Waals surface area contributed by atoms with Crippen LogP contribution in [0.4, 0.5) is 0 Å². The van der Waals surface area contributed by atoms with Crippen molar-refractivity contribution in [3.8, 4) is 0 Å². The number of carbonyl (C=O) groups is 2. The van der Waals surface area contributed by atoms with Crippen LogP contribution in [-0.4, -0.2) is 48.3 Å². The lowest BCUT2D eigenvalue weighted by molar-refractivity contribution is -0.142. The fourth-order valence-corrected chi connectivity index (χ4v) is 3.51. The summed E-state index contributed by atoms with van der Waals surface area (Å²) in [5, 5.41) is 0. The number of amides is 2. The van der Waals surface area contributed by atoms with E-state index in [9.17, 15) is 9.59 Å². The molecule has 20 heavy (non-hydrogen) atoms. The van der Waals surface area contributed by atoms with Crippen LogP contribution in [-0.2, 0) is 9.59 Å². The molecule has 2 fully saturated rings. The molecule has 0 aliphatic carbocycles. The van der Waals surface area contributed by atoms with Gasteiger partial charge in [0.1, 0.15) is 0 Å². The molecule has 2 aliphatic heterocycles. The average Bonchev–Trinajstić information content (AvgIpc) is 2.41. The normalized spacial score (nSPS) is 28.4. The molecule has 0 radical (unpaired) electrons. The second-order valence-corrected chi connectivity index (χ2v) is 6.71. The molecule has 0 aromatic heterocycles. The summed E-state index contributed by atoms with van der Waals surface area (Å²) in [7, 11) is 1.88. The molecule has 0 spiro atoms. The summed E-state index contributed by atoms with van der Waals surface area (Å²) in [5.41, 5.74) is 0. The second kappa shape index (κ2) is 6.59. The first-order valence-corrected chi connectivity index (χ1v) is 8.04. The van der Waals surface area contributed by atoms with Crippen molar-refractivity contribution in [2.75, 3.05) is 26.7 Å². The molecule has 2 aliphatic rings. The largest absolute Gasteiger partial charge is 0.346 e. The van der Waals surface area contributed by atoms with Gasteiger partial charge in [0.25, 0.3) is 0 Å². The molecule has 2 atom stereocenters. The van der Waals surface area contributed by atoms with Gasteiger partial charge in [-0.2, -0.15) is 0 Å². The first kappa shape index (κ1) is 15.3. The highest BCUT2D eigenvalue weighted by atomic mass is 16.2. The molecule has 2 saturated heterocycles.